The van der Waals surface area contributed by atoms with Gasteiger partial charge in [-0.3, -0.25) is 14.7 Å². The summed E-state index contributed by atoms with van der Waals surface area (Å²) in [5.74, 6) is 0.692. The van der Waals surface area contributed by atoms with Crippen molar-refractivity contribution in [3.8, 4) is 5.88 Å². The van der Waals surface area contributed by atoms with Gasteiger partial charge in [0.05, 0.1) is 17.4 Å². The average molecular weight is 419 g/mol. The van der Waals surface area contributed by atoms with E-state index in [0.29, 0.717) is 30.4 Å². The second kappa shape index (κ2) is 8.37. The summed E-state index contributed by atoms with van der Waals surface area (Å²) in [4.78, 5) is 31.1. The minimum absolute atomic E-state index is 0.00268. The zero-order chi connectivity index (χ0) is 21.2. The third-order valence-electron chi connectivity index (χ3n) is 6.17. The molecule has 3 heterocycles. The Labute approximate surface area is 180 Å². The Balaban J connectivity index is 1.14. The summed E-state index contributed by atoms with van der Waals surface area (Å²) in [5, 5.41) is 10.9. The van der Waals surface area contributed by atoms with E-state index in [9.17, 15) is 9.59 Å². The number of carbonyl (C=O) groups is 2. The number of aromatic amines is 1. The van der Waals surface area contributed by atoms with Gasteiger partial charge in [-0.15, -0.1) is 0 Å². The van der Waals surface area contributed by atoms with Crippen molar-refractivity contribution in [1.82, 2.24) is 20.1 Å². The van der Waals surface area contributed by atoms with Crippen LogP contribution < -0.4 is 10.1 Å². The van der Waals surface area contributed by atoms with Gasteiger partial charge in [0, 0.05) is 43.3 Å². The minimum Gasteiger partial charge on any atom is -0.474 e. The van der Waals surface area contributed by atoms with Crippen LogP contribution in [0.25, 0.3) is 10.9 Å². The maximum atomic E-state index is 12.9. The predicted octanol–water partition coefficient (Wildman–Crippen LogP) is 3.38. The van der Waals surface area contributed by atoms with E-state index in [-0.39, 0.29) is 23.8 Å². The molecule has 5 rings (SSSR count). The first-order valence-electron chi connectivity index (χ1n) is 10.8. The zero-order valence-corrected chi connectivity index (χ0v) is 17.2. The number of anilines is 1. The number of piperidine rings is 1. The molecule has 0 unspecified atom stereocenters. The number of likely N-dealkylation sites (tertiary alicyclic amines) is 1. The van der Waals surface area contributed by atoms with Crippen molar-refractivity contribution in [2.24, 2.45) is 5.92 Å². The van der Waals surface area contributed by atoms with Gasteiger partial charge < -0.3 is 15.0 Å². The van der Waals surface area contributed by atoms with Crippen molar-refractivity contribution in [2.45, 2.75) is 38.2 Å². The summed E-state index contributed by atoms with van der Waals surface area (Å²) in [6.07, 6.45) is 6.17. The van der Waals surface area contributed by atoms with E-state index < -0.39 is 0 Å². The summed E-state index contributed by atoms with van der Waals surface area (Å²) in [7, 11) is 0. The lowest BCUT2D eigenvalue weighted by Gasteiger charge is -2.31. The van der Waals surface area contributed by atoms with Crippen molar-refractivity contribution in [3.63, 3.8) is 0 Å². The van der Waals surface area contributed by atoms with Crippen LogP contribution in [-0.2, 0) is 4.79 Å². The molecule has 1 aliphatic carbocycles. The van der Waals surface area contributed by atoms with Gasteiger partial charge in [-0.2, -0.15) is 5.10 Å². The van der Waals surface area contributed by atoms with Gasteiger partial charge in [0.1, 0.15) is 6.10 Å². The topological polar surface area (TPSA) is 100 Å². The predicted molar refractivity (Wildman–Crippen MR) is 116 cm³/mol. The van der Waals surface area contributed by atoms with Crippen LogP contribution in [0.1, 0.15) is 42.6 Å². The van der Waals surface area contributed by atoms with Gasteiger partial charge in [0.25, 0.3) is 5.91 Å². The molecule has 0 radical (unpaired) electrons. The monoisotopic (exact) mass is 419 g/mol. The number of hydrogen-bond donors (Lipinski definition) is 2. The number of para-hydroxylation sites is 1. The molecule has 0 bridgehead atoms. The SMILES string of the molecule is O=C(Nc1ccc(OC2CCN(C(=O)c3n[nH]c4ccccc34)CC2)nc1)C1CCC1. The van der Waals surface area contributed by atoms with Crippen LogP contribution in [0.3, 0.4) is 0 Å². The third kappa shape index (κ3) is 4.10. The molecule has 2 aliphatic rings. The van der Waals surface area contributed by atoms with E-state index in [0.717, 1.165) is 43.0 Å². The van der Waals surface area contributed by atoms with Crippen molar-refractivity contribution in [3.05, 3.63) is 48.3 Å². The first kappa shape index (κ1) is 19.5. The largest absolute Gasteiger partial charge is 0.474 e. The summed E-state index contributed by atoms with van der Waals surface area (Å²) in [5.41, 5.74) is 2.02. The lowest BCUT2D eigenvalue weighted by atomic mass is 9.85. The van der Waals surface area contributed by atoms with Crippen LogP contribution in [0.5, 0.6) is 5.88 Å². The first-order chi connectivity index (χ1) is 15.2. The van der Waals surface area contributed by atoms with Crippen LogP contribution in [0.2, 0.25) is 0 Å². The van der Waals surface area contributed by atoms with Crippen molar-refractivity contribution < 1.29 is 14.3 Å². The molecule has 1 aliphatic heterocycles. The number of aromatic nitrogens is 3. The Bertz CT molecular complexity index is 1080. The Morgan fingerprint density at radius 3 is 2.58 bits per heavy atom. The quantitative estimate of drug-likeness (QED) is 0.660. The first-order valence-corrected chi connectivity index (χ1v) is 10.8. The van der Waals surface area contributed by atoms with Crippen LogP contribution in [0, 0.1) is 5.92 Å². The molecule has 8 nitrogen and oxygen atoms in total. The lowest BCUT2D eigenvalue weighted by Crippen LogP contribution is -2.42. The van der Waals surface area contributed by atoms with E-state index >= 15 is 0 Å². The number of amides is 2. The number of ether oxygens (including phenoxy) is 1. The average Bonchev–Trinajstić information content (AvgIpc) is 3.18. The standard InChI is InChI=1S/C23H25N5O3/c29-22(15-4-3-5-15)25-16-8-9-20(24-14-16)31-17-10-12-28(13-11-17)23(30)21-18-6-1-2-7-19(18)26-27-21/h1-2,6-9,14-15,17H,3-5,10-13H2,(H,25,29)(H,26,27). The number of hydrogen-bond acceptors (Lipinski definition) is 5. The van der Waals surface area contributed by atoms with Crippen LogP contribution in [-0.4, -0.2) is 51.1 Å². The number of nitrogens with one attached hydrogen (secondary N) is 2. The molecule has 1 aromatic carbocycles. The summed E-state index contributed by atoms with van der Waals surface area (Å²) in [6, 6.07) is 11.2. The molecule has 3 aromatic rings. The molecule has 0 spiro atoms. The lowest BCUT2D eigenvalue weighted by molar-refractivity contribution is -0.122. The van der Waals surface area contributed by atoms with Crippen molar-refractivity contribution >= 4 is 28.4 Å². The van der Waals surface area contributed by atoms with Crippen molar-refractivity contribution in [2.75, 3.05) is 18.4 Å². The Kier molecular flexibility index (Phi) is 5.28. The Morgan fingerprint density at radius 2 is 1.87 bits per heavy atom. The van der Waals surface area contributed by atoms with Crippen LogP contribution in [0.15, 0.2) is 42.6 Å². The molecule has 2 N–H and O–H groups in total. The van der Waals surface area contributed by atoms with E-state index in [1.165, 1.54) is 0 Å². The molecule has 8 heteroatoms. The zero-order valence-electron chi connectivity index (χ0n) is 17.2. The summed E-state index contributed by atoms with van der Waals surface area (Å²) >= 11 is 0. The molecule has 160 valence electrons. The Morgan fingerprint density at radius 1 is 1.06 bits per heavy atom. The highest BCUT2D eigenvalue weighted by atomic mass is 16.5. The highest BCUT2D eigenvalue weighted by molar-refractivity contribution is 6.04. The molecule has 31 heavy (non-hydrogen) atoms. The highest BCUT2D eigenvalue weighted by Crippen LogP contribution is 2.28. The molecule has 2 aromatic heterocycles. The van der Waals surface area contributed by atoms with E-state index in [1.807, 2.05) is 35.2 Å². The number of fused-ring (bicyclic) bond motifs is 1. The maximum Gasteiger partial charge on any atom is 0.274 e. The molecule has 1 saturated heterocycles. The molecule has 2 fully saturated rings. The summed E-state index contributed by atoms with van der Waals surface area (Å²) in [6.45, 7) is 1.22. The fourth-order valence-corrected chi connectivity index (χ4v) is 4.06. The number of nitrogens with zero attached hydrogens (tertiary/aromatic N) is 3. The fraction of sp³-hybridized carbons (Fsp3) is 0.391. The van der Waals surface area contributed by atoms with Gasteiger partial charge in [-0.25, -0.2) is 4.98 Å². The highest BCUT2D eigenvalue weighted by Gasteiger charge is 2.28. The second-order valence-electron chi connectivity index (χ2n) is 8.23. The van der Waals surface area contributed by atoms with Crippen LogP contribution >= 0.6 is 0 Å². The van der Waals surface area contributed by atoms with Crippen LogP contribution in [0.4, 0.5) is 5.69 Å². The molecular weight excluding hydrogens is 394 g/mol. The minimum atomic E-state index is -0.0550. The van der Waals surface area contributed by atoms with E-state index in [2.05, 4.69) is 20.5 Å². The van der Waals surface area contributed by atoms with Gasteiger partial charge in [-0.1, -0.05) is 24.6 Å². The number of carbonyl (C=O) groups excluding carboxylic acids is 2. The number of rotatable bonds is 5. The van der Waals surface area contributed by atoms with Gasteiger partial charge in [0.2, 0.25) is 11.8 Å². The van der Waals surface area contributed by atoms with E-state index in [1.54, 1.807) is 12.3 Å². The molecule has 2 amide bonds. The Hall–Kier alpha value is -3.42. The summed E-state index contributed by atoms with van der Waals surface area (Å²) < 4.78 is 6.00. The van der Waals surface area contributed by atoms with Gasteiger partial charge >= 0.3 is 0 Å². The smallest absolute Gasteiger partial charge is 0.274 e. The molecule has 0 atom stereocenters. The van der Waals surface area contributed by atoms with Crippen molar-refractivity contribution in [1.29, 1.82) is 0 Å². The van der Waals surface area contributed by atoms with Gasteiger partial charge in [-0.05, 0) is 25.0 Å². The molecular formula is C23H25N5O3. The second-order valence-corrected chi connectivity index (χ2v) is 8.23. The maximum absolute atomic E-state index is 12.9. The van der Waals surface area contributed by atoms with Gasteiger partial charge in [0.15, 0.2) is 5.69 Å². The normalized spacial score (nSPS) is 17.4. The number of pyridine rings is 1. The fourth-order valence-electron chi connectivity index (χ4n) is 4.06. The van der Waals surface area contributed by atoms with E-state index in [4.69, 9.17) is 4.74 Å². The number of H-pyrrole nitrogens is 1. The molecule has 1 saturated carbocycles. The third-order valence-corrected chi connectivity index (χ3v) is 6.17. The number of benzene rings is 1.